The first kappa shape index (κ1) is 17.9. The molecule has 5 nitrogen and oxygen atoms in total. The minimum Gasteiger partial charge on any atom is -0.424 e. The fourth-order valence-corrected chi connectivity index (χ4v) is 2.61. The van der Waals surface area contributed by atoms with E-state index in [4.69, 9.17) is 16.3 Å². The first-order chi connectivity index (χ1) is 12.2. The van der Waals surface area contributed by atoms with Gasteiger partial charge >= 0.3 is 12.1 Å². The van der Waals surface area contributed by atoms with Crippen molar-refractivity contribution in [2.45, 2.75) is 13.1 Å². The smallest absolute Gasteiger partial charge is 0.416 e. The zero-order chi connectivity index (χ0) is 19.1. The molecule has 0 spiro atoms. The summed E-state index contributed by atoms with van der Waals surface area (Å²) in [6, 6.07) is 7.03. The molecule has 0 fully saturated rings. The normalized spacial score (nSPS) is 11.6. The molecule has 9 heteroatoms. The van der Waals surface area contributed by atoms with Crippen LogP contribution < -0.4 is 10.3 Å². The molecule has 26 heavy (non-hydrogen) atoms. The lowest BCUT2D eigenvalue weighted by molar-refractivity contribution is -0.137. The maximum atomic E-state index is 12.9. The Morgan fingerprint density at radius 3 is 2.58 bits per heavy atom. The number of benzene rings is 2. The number of hydrogen-bond acceptors (Lipinski definition) is 4. The van der Waals surface area contributed by atoms with Crippen LogP contribution in [0, 0.1) is 0 Å². The highest BCUT2D eigenvalue weighted by Gasteiger charge is 2.31. The van der Waals surface area contributed by atoms with Gasteiger partial charge in [0.15, 0.2) is 5.75 Å². The molecule has 1 heterocycles. The van der Waals surface area contributed by atoms with Gasteiger partial charge in [-0.2, -0.15) is 13.2 Å². The van der Waals surface area contributed by atoms with Gasteiger partial charge in [-0.05, 0) is 36.4 Å². The number of esters is 1. The van der Waals surface area contributed by atoms with E-state index in [2.05, 4.69) is 4.98 Å². The Hall–Kier alpha value is -2.87. The molecule has 2 aromatic carbocycles. The molecular formula is C17H10ClF3N2O3. The fourth-order valence-electron chi connectivity index (χ4n) is 2.45. The van der Waals surface area contributed by atoms with E-state index in [1.807, 2.05) is 0 Å². The van der Waals surface area contributed by atoms with Gasteiger partial charge in [-0.3, -0.25) is 14.2 Å². The van der Waals surface area contributed by atoms with Gasteiger partial charge in [0.2, 0.25) is 0 Å². The average Bonchev–Trinajstić information content (AvgIpc) is 2.55. The number of aromatic nitrogens is 2. The molecule has 1 aromatic heterocycles. The Balaban J connectivity index is 2.32. The molecule has 0 aliphatic heterocycles. The van der Waals surface area contributed by atoms with Crippen LogP contribution >= 0.6 is 11.6 Å². The van der Waals surface area contributed by atoms with Gasteiger partial charge in [0.05, 0.1) is 28.5 Å². The zero-order valence-corrected chi connectivity index (χ0v) is 13.9. The van der Waals surface area contributed by atoms with Crippen molar-refractivity contribution in [3.63, 3.8) is 0 Å². The van der Waals surface area contributed by atoms with Crippen LogP contribution in [0.2, 0.25) is 5.02 Å². The second-order valence-corrected chi connectivity index (χ2v) is 5.78. The van der Waals surface area contributed by atoms with Crippen molar-refractivity contribution in [3.05, 3.63) is 63.5 Å². The summed E-state index contributed by atoms with van der Waals surface area (Å²) < 4.78 is 44.9. The molecule has 0 saturated carbocycles. The lowest BCUT2D eigenvalue weighted by atomic mass is 10.1. The number of rotatable bonds is 2. The number of ether oxygens (including phenoxy) is 1. The summed E-state index contributed by atoms with van der Waals surface area (Å²) in [6.07, 6.45) is -3.66. The second kappa shape index (κ2) is 6.45. The average molecular weight is 383 g/mol. The molecule has 0 aliphatic carbocycles. The minimum absolute atomic E-state index is 0.0383. The maximum absolute atomic E-state index is 12.9. The number of carbonyl (C=O) groups is 1. The molecule has 3 rings (SSSR count). The third-order valence-corrected chi connectivity index (χ3v) is 3.73. The predicted molar refractivity (Wildman–Crippen MR) is 88.7 cm³/mol. The van der Waals surface area contributed by atoms with Crippen LogP contribution in [-0.4, -0.2) is 15.5 Å². The Morgan fingerprint density at radius 1 is 1.19 bits per heavy atom. The third kappa shape index (κ3) is 3.41. The lowest BCUT2D eigenvalue weighted by Crippen LogP contribution is -2.20. The van der Waals surface area contributed by atoms with Crippen LogP contribution in [0.1, 0.15) is 12.5 Å². The van der Waals surface area contributed by atoms with Crippen molar-refractivity contribution in [2.75, 3.05) is 0 Å². The molecule has 0 atom stereocenters. The highest BCUT2D eigenvalue weighted by molar-refractivity contribution is 6.30. The van der Waals surface area contributed by atoms with Gasteiger partial charge in [0.1, 0.15) is 0 Å². The van der Waals surface area contributed by atoms with Crippen molar-refractivity contribution >= 4 is 28.6 Å². The van der Waals surface area contributed by atoms with Crippen LogP contribution in [0.25, 0.3) is 16.7 Å². The molecule has 0 unspecified atom stereocenters. The molecule has 0 N–H and O–H groups in total. The summed E-state index contributed by atoms with van der Waals surface area (Å²) in [5.74, 6) is -0.587. The quantitative estimate of drug-likeness (QED) is 0.497. The molecule has 0 aliphatic rings. The second-order valence-electron chi connectivity index (χ2n) is 5.34. The summed E-state index contributed by atoms with van der Waals surface area (Å²) in [5, 5.41) is 0.250. The van der Waals surface area contributed by atoms with E-state index >= 15 is 0 Å². The van der Waals surface area contributed by atoms with Crippen molar-refractivity contribution in [1.29, 1.82) is 0 Å². The lowest BCUT2D eigenvalue weighted by Gasteiger charge is -2.15. The molecule has 0 saturated heterocycles. The summed E-state index contributed by atoms with van der Waals surface area (Å²) in [7, 11) is 0. The monoisotopic (exact) mass is 382 g/mol. The van der Waals surface area contributed by atoms with Crippen LogP contribution in [0.3, 0.4) is 0 Å². The Morgan fingerprint density at radius 2 is 1.92 bits per heavy atom. The zero-order valence-electron chi connectivity index (χ0n) is 13.2. The Kier molecular flexibility index (Phi) is 4.45. The number of halogens is 4. The molecule has 0 amide bonds. The molecule has 3 aromatic rings. The number of carbonyl (C=O) groups excluding carboxylic acids is 1. The van der Waals surface area contributed by atoms with Gasteiger partial charge in [0.25, 0.3) is 5.56 Å². The highest BCUT2D eigenvalue weighted by atomic mass is 35.5. The first-order valence-electron chi connectivity index (χ1n) is 7.24. The van der Waals surface area contributed by atoms with E-state index in [0.717, 1.165) is 29.0 Å². The van der Waals surface area contributed by atoms with Gasteiger partial charge in [-0.1, -0.05) is 11.6 Å². The molecule has 0 radical (unpaired) electrons. The molecule has 0 bridgehead atoms. The number of nitrogens with zero attached hydrogens (tertiary/aromatic N) is 2. The molecular weight excluding hydrogens is 373 g/mol. The van der Waals surface area contributed by atoms with E-state index < -0.39 is 23.3 Å². The summed E-state index contributed by atoms with van der Waals surface area (Å²) >= 11 is 5.97. The van der Waals surface area contributed by atoms with Crippen molar-refractivity contribution in [2.24, 2.45) is 0 Å². The van der Waals surface area contributed by atoms with Crippen LogP contribution in [-0.2, 0) is 11.0 Å². The Labute approximate surface area is 149 Å². The number of alkyl halides is 3. The minimum atomic E-state index is -4.55. The number of hydrogen-bond donors (Lipinski definition) is 0. The van der Waals surface area contributed by atoms with Gasteiger partial charge in [-0.25, -0.2) is 4.98 Å². The third-order valence-electron chi connectivity index (χ3n) is 3.49. The van der Waals surface area contributed by atoms with E-state index in [1.165, 1.54) is 25.1 Å². The van der Waals surface area contributed by atoms with Gasteiger partial charge in [0, 0.05) is 11.9 Å². The largest absolute Gasteiger partial charge is 0.424 e. The first-order valence-corrected chi connectivity index (χ1v) is 7.62. The van der Waals surface area contributed by atoms with Gasteiger partial charge in [-0.15, -0.1) is 0 Å². The van der Waals surface area contributed by atoms with Crippen LogP contribution in [0.5, 0.6) is 5.75 Å². The molecule has 134 valence electrons. The summed E-state index contributed by atoms with van der Waals surface area (Å²) in [4.78, 5) is 27.4. The van der Waals surface area contributed by atoms with E-state index in [0.29, 0.717) is 0 Å². The standard InChI is InChI=1S/C17H10ClF3N2O3/c1-9(24)26-15-5-3-11(18)7-14(15)23-13-4-2-10(17(19,20)21)6-12(13)22-8-16(23)25/h2-8H,1H3. The predicted octanol–water partition coefficient (Wildman–Crippen LogP) is 3.98. The van der Waals surface area contributed by atoms with Crippen LogP contribution in [0.4, 0.5) is 13.2 Å². The summed E-state index contributed by atoms with van der Waals surface area (Å²) in [5.41, 5.74) is -1.33. The Bertz CT molecular complexity index is 1080. The van der Waals surface area contributed by atoms with E-state index in [9.17, 15) is 22.8 Å². The fraction of sp³-hybridized carbons (Fsp3) is 0.118. The topological polar surface area (TPSA) is 61.2 Å². The van der Waals surface area contributed by atoms with Crippen molar-refractivity contribution in [3.8, 4) is 11.4 Å². The van der Waals surface area contributed by atoms with Gasteiger partial charge < -0.3 is 4.74 Å². The van der Waals surface area contributed by atoms with E-state index in [1.54, 1.807) is 0 Å². The van der Waals surface area contributed by atoms with Crippen molar-refractivity contribution in [1.82, 2.24) is 9.55 Å². The van der Waals surface area contributed by atoms with E-state index in [-0.39, 0.29) is 27.5 Å². The van der Waals surface area contributed by atoms with Crippen molar-refractivity contribution < 1.29 is 22.7 Å². The number of fused-ring (bicyclic) bond motifs is 1. The summed E-state index contributed by atoms with van der Waals surface area (Å²) in [6.45, 7) is 1.18. The highest BCUT2D eigenvalue weighted by Crippen LogP contribution is 2.32. The maximum Gasteiger partial charge on any atom is 0.416 e. The van der Waals surface area contributed by atoms with Crippen LogP contribution in [0.15, 0.2) is 47.4 Å². The SMILES string of the molecule is CC(=O)Oc1ccc(Cl)cc1-n1c(=O)cnc2cc(C(F)(F)F)ccc21.